The maximum atomic E-state index is 12.2. The lowest BCUT2D eigenvalue weighted by molar-refractivity contribution is -0.147. The molecule has 1 amide bonds. The molecule has 0 aliphatic carbocycles. The van der Waals surface area contributed by atoms with Crippen molar-refractivity contribution in [2.45, 2.75) is 25.8 Å². The summed E-state index contributed by atoms with van der Waals surface area (Å²) in [7, 11) is 0. The van der Waals surface area contributed by atoms with E-state index in [4.69, 9.17) is 10.5 Å². The van der Waals surface area contributed by atoms with E-state index in [1.165, 1.54) is 12.5 Å². The number of benzene rings is 1. The third-order valence-corrected chi connectivity index (χ3v) is 3.32. The summed E-state index contributed by atoms with van der Waals surface area (Å²) >= 11 is 0. The SMILES string of the molecule is CCOC(=O)C(CCc1ccccc1)n1cnc(C(N)=O)c1. The van der Waals surface area contributed by atoms with Crippen molar-refractivity contribution in [1.29, 1.82) is 0 Å². The van der Waals surface area contributed by atoms with Crippen molar-refractivity contribution in [2.24, 2.45) is 5.73 Å². The fourth-order valence-corrected chi connectivity index (χ4v) is 2.21. The topological polar surface area (TPSA) is 87.2 Å². The van der Waals surface area contributed by atoms with Crippen molar-refractivity contribution in [3.8, 4) is 0 Å². The summed E-state index contributed by atoms with van der Waals surface area (Å²) in [6.45, 7) is 2.06. The van der Waals surface area contributed by atoms with Gasteiger partial charge in [-0.1, -0.05) is 30.3 Å². The van der Waals surface area contributed by atoms with Crippen molar-refractivity contribution < 1.29 is 14.3 Å². The zero-order chi connectivity index (χ0) is 15.9. The van der Waals surface area contributed by atoms with Crippen LogP contribution in [0.15, 0.2) is 42.9 Å². The Labute approximate surface area is 128 Å². The van der Waals surface area contributed by atoms with E-state index in [1.807, 2.05) is 30.3 Å². The molecule has 22 heavy (non-hydrogen) atoms. The number of hydrogen-bond acceptors (Lipinski definition) is 4. The van der Waals surface area contributed by atoms with Crippen LogP contribution in [-0.2, 0) is 16.0 Å². The molecule has 0 saturated heterocycles. The van der Waals surface area contributed by atoms with Crippen LogP contribution in [-0.4, -0.2) is 28.0 Å². The van der Waals surface area contributed by atoms with Crippen LogP contribution in [0.2, 0.25) is 0 Å². The number of nitrogens with two attached hydrogens (primary N) is 1. The quantitative estimate of drug-likeness (QED) is 0.789. The van der Waals surface area contributed by atoms with E-state index < -0.39 is 11.9 Å². The number of imidazole rings is 1. The number of primary amides is 1. The van der Waals surface area contributed by atoms with Crippen molar-refractivity contribution in [2.75, 3.05) is 6.61 Å². The number of aromatic nitrogens is 2. The van der Waals surface area contributed by atoms with Gasteiger partial charge in [0.25, 0.3) is 5.91 Å². The Bertz CT molecular complexity index is 637. The molecular formula is C16H19N3O3. The molecule has 0 radical (unpaired) electrons. The van der Waals surface area contributed by atoms with E-state index in [-0.39, 0.29) is 11.7 Å². The number of carbonyl (C=O) groups excluding carboxylic acids is 2. The largest absolute Gasteiger partial charge is 0.464 e. The molecule has 0 bridgehead atoms. The van der Waals surface area contributed by atoms with Crippen molar-refractivity contribution >= 4 is 11.9 Å². The molecule has 1 unspecified atom stereocenters. The highest BCUT2D eigenvalue weighted by Crippen LogP contribution is 2.18. The Morgan fingerprint density at radius 3 is 2.64 bits per heavy atom. The second-order valence-corrected chi connectivity index (χ2v) is 4.86. The zero-order valence-electron chi connectivity index (χ0n) is 12.4. The molecule has 0 aliphatic heterocycles. The van der Waals surface area contributed by atoms with Gasteiger partial charge in [0.05, 0.1) is 12.9 Å². The van der Waals surface area contributed by atoms with Crippen LogP contribution in [0.4, 0.5) is 0 Å². The fraction of sp³-hybridized carbons (Fsp3) is 0.312. The van der Waals surface area contributed by atoms with Gasteiger partial charge in [-0.05, 0) is 25.3 Å². The van der Waals surface area contributed by atoms with Gasteiger partial charge in [0.15, 0.2) is 0 Å². The lowest BCUT2D eigenvalue weighted by Gasteiger charge is -2.16. The minimum Gasteiger partial charge on any atom is -0.464 e. The third kappa shape index (κ3) is 3.94. The lowest BCUT2D eigenvalue weighted by Crippen LogP contribution is -2.22. The summed E-state index contributed by atoms with van der Waals surface area (Å²) in [5.41, 5.74) is 6.46. The number of nitrogens with zero attached hydrogens (tertiary/aromatic N) is 2. The standard InChI is InChI=1S/C16H19N3O3/c1-2-22-16(21)14(9-8-12-6-4-3-5-7-12)19-10-13(15(17)20)18-11-19/h3-7,10-11,14H,2,8-9H2,1H3,(H2,17,20). The first kappa shape index (κ1) is 15.8. The summed E-state index contributed by atoms with van der Waals surface area (Å²) in [5, 5.41) is 0. The number of amides is 1. The van der Waals surface area contributed by atoms with Crippen LogP contribution in [0.5, 0.6) is 0 Å². The van der Waals surface area contributed by atoms with Crippen LogP contribution >= 0.6 is 0 Å². The highest BCUT2D eigenvalue weighted by atomic mass is 16.5. The van der Waals surface area contributed by atoms with Crippen LogP contribution in [0.3, 0.4) is 0 Å². The molecule has 1 aromatic carbocycles. The van der Waals surface area contributed by atoms with Crippen molar-refractivity contribution in [3.05, 3.63) is 54.1 Å². The van der Waals surface area contributed by atoms with Gasteiger partial charge < -0.3 is 15.0 Å². The van der Waals surface area contributed by atoms with E-state index in [0.29, 0.717) is 19.4 Å². The number of aryl methyl sites for hydroxylation is 1. The van der Waals surface area contributed by atoms with Gasteiger partial charge in [-0.2, -0.15) is 0 Å². The second kappa shape index (κ2) is 7.40. The molecular weight excluding hydrogens is 282 g/mol. The highest BCUT2D eigenvalue weighted by molar-refractivity contribution is 5.90. The first-order valence-corrected chi connectivity index (χ1v) is 7.15. The maximum absolute atomic E-state index is 12.2. The van der Waals surface area contributed by atoms with E-state index in [0.717, 1.165) is 5.56 Å². The molecule has 0 saturated carbocycles. The maximum Gasteiger partial charge on any atom is 0.329 e. The van der Waals surface area contributed by atoms with Gasteiger partial charge in [0.1, 0.15) is 11.7 Å². The third-order valence-electron chi connectivity index (χ3n) is 3.32. The number of hydrogen-bond donors (Lipinski definition) is 1. The predicted octanol–water partition coefficient (Wildman–Crippen LogP) is 1.72. The molecule has 1 aromatic heterocycles. The lowest BCUT2D eigenvalue weighted by atomic mass is 10.1. The number of rotatable bonds is 7. The monoisotopic (exact) mass is 301 g/mol. The van der Waals surface area contributed by atoms with Gasteiger partial charge in [-0.3, -0.25) is 4.79 Å². The summed E-state index contributed by atoms with van der Waals surface area (Å²) in [6, 6.07) is 9.34. The van der Waals surface area contributed by atoms with Crippen LogP contribution < -0.4 is 5.73 Å². The number of ether oxygens (including phenoxy) is 1. The van der Waals surface area contributed by atoms with E-state index in [9.17, 15) is 9.59 Å². The van der Waals surface area contributed by atoms with Gasteiger partial charge in [-0.15, -0.1) is 0 Å². The minimum atomic E-state index is -0.621. The normalized spacial score (nSPS) is 11.9. The van der Waals surface area contributed by atoms with Gasteiger partial charge in [0.2, 0.25) is 0 Å². The fourth-order valence-electron chi connectivity index (χ4n) is 2.21. The van der Waals surface area contributed by atoms with E-state index in [1.54, 1.807) is 11.5 Å². The Balaban J connectivity index is 2.14. The highest BCUT2D eigenvalue weighted by Gasteiger charge is 2.22. The predicted molar refractivity (Wildman–Crippen MR) is 81.2 cm³/mol. The molecule has 116 valence electrons. The molecule has 2 N–H and O–H groups in total. The molecule has 1 atom stereocenters. The average molecular weight is 301 g/mol. The second-order valence-electron chi connectivity index (χ2n) is 4.86. The number of esters is 1. The Hall–Kier alpha value is -2.63. The first-order chi connectivity index (χ1) is 10.6. The van der Waals surface area contributed by atoms with Gasteiger partial charge in [0, 0.05) is 6.20 Å². The average Bonchev–Trinajstić information content (AvgIpc) is 2.99. The van der Waals surface area contributed by atoms with Gasteiger partial charge >= 0.3 is 5.97 Å². The van der Waals surface area contributed by atoms with E-state index >= 15 is 0 Å². The Kier molecular flexibility index (Phi) is 5.30. The van der Waals surface area contributed by atoms with Crippen molar-refractivity contribution in [3.63, 3.8) is 0 Å². The molecule has 1 heterocycles. The molecule has 2 aromatic rings. The van der Waals surface area contributed by atoms with Gasteiger partial charge in [-0.25, -0.2) is 9.78 Å². The molecule has 0 aliphatic rings. The minimum absolute atomic E-state index is 0.133. The summed E-state index contributed by atoms with van der Waals surface area (Å²) < 4.78 is 6.70. The molecule has 6 heteroatoms. The molecule has 0 fully saturated rings. The van der Waals surface area contributed by atoms with Crippen LogP contribution in [0.25, 0.3) is 0 Å². The van der Waals surface area contributed by atoms with E-state index in [2.05, 4.69) is 4.98 Å². The zero-order valence-corrected chi connectivity index (χ0v) is 12.4. The molecule has 0 spiro atoms. The smallest absolute Gasteiger partial charge is 0.329 e. The summed E-state index contributed by atoms with van der Waals surface area (Å²) in [5.74, 6) is -0.962. The molecule has 2 rings (SSSR count). The summed E-state index contributed by atoms with van der Waals surface area (Å²) in [6.07, 6.45) is 4.19. The first-order valence-electron chi connectivity index (χ1n) is 7.15. The summed E-state index contributed by atoms with van der Waals surface area (Å²) in [4.78, 5) is 27.2. The molecule has 6 nitrogen and oxygen atoms in total. The Morgan fingerprint density at radius 1 is 1.32 bits per heavy atom. The Morgan fingerprint density at radius 2 is 2.05 bits per heavy atom. The van der Waals surface area contributed by atoms with Crippen LogP contribution in [0.1, 0.15) is 35.4 Å². The van der Waals surface area contributed by atoms with Crippen LogP contribution in [0, 0.1) is 0 Å². The number of carbonyl (C=O) groups is 2. The van der Waals surface area contributed by atoms with Crippen molar-refractivity contribution in [1.82, 2.24) is 9.55 Å².